The molecule has 8 heteroatoms. The van der Waals surface area contributed by atoms with E-state index >= 15 is 0 Å². The average Bonchev–Trinajstić information content (AvgIpc) is 2.78. The number of rotatable bonds is 7. The number of nitriles is 1. The van der Waals surface area contributed by atoms with Crippen LogP contribution in [0.1, 0.15) is 34.0 Å². The Labute approximate surface area is 193 Å². The third-order valence-electron chi connectivity index (χ3n) is 4.26. The molecule has 0 bridgehead atoms. The van der Waals surface area contributed by atoms with E-state index in [0.29, 0.717) is 29.2 Å². The van der Waals surface area contributed by atoms with E-state index in [0.717, 1.165) is 15.6 Å². The van der Waals surface area contributed by atoms with Gasteiger partial charge in [0.15, 0.2) is 0 Å². The Morgan fingerprint density at radius 3 is 2.59 bits per heavy atom. The lowest BCUT2D eigenvalue weighted by molar-refractivity contribution is -0.114. The second kappa shape index (κ2) is 10.9. The van der Waals surface area contributed by atoms with Gasteiger partial charge < -0.3 is 10.1 Å². The van der Waals surface area contributed by atoms with Crippen LogP contribution in [-0.4, -0.2) is 18.0 Å². The number of nitrogens with zero attached hydrogens (tertiary/aromatic N) is 2. The maximum Gasteiger partial charge on any atom is 0.271 e. The summed E-state index contributed by atoms with van der Waals surface area (Å²) < 4.78 is 6.56. The molecule has 7 nitrogen and oxygen atoms in total. The number of hydrogen-bond acceptors (Lipinski definition) is 5. The topological polar surface area (TPSA) is 104 Å². The van der Waals surface area contributed by atoms with Crippen LogP contribution in [0.4, 0.5) is 5.69 Å². The molecule has 3 aromatic rings. The van der Waals surface area contributed by atoms with Crippen molar-refractivity contribution in [2.75, 3.05) is 5.32 Å². The average molecular weight is 491 g/mol. The Hall–Kier alpha value is -3.96. The van der Waals surface area contributed by atoms with Gasteiger partial charge in [0.05, 0.1) is 22.3 Å². The largest absolute Gasteiger partial charge is 0.488 e. The van der Waals surface area contributed by atoms with E-state index in [2.05, 4.69) is 37.8 Å². The summed E-state index contributed by atoms with van der Waals surface area (Å²) in [5.74, 6) is 0.0516. The van der Waals surface area contributed by atoms with E-state index in [1.807, 2.05) is 24.3 Å². The highest BCUT2D eigenvalue weighted by atomic mass is 79.9. The summed E-state index contributed by atoms with van der Waals surface area (Å²) in [6.07, 6.45) is 1.52. The highest BCUT2D eigenvalue weighted by Crippen LogP contribution is 2.26. The first kappa shape index (κ1) is 22.7. The zero-order valence-corrected chi connectivity index (χ0v) is 18.7. The molecule has 160 valence electrons. The highest BCUT2D eigenvalue weighted by molar-refractivity contribution is 9.10. The van der Waals surface area contributed by atoms with Crippen molar-refractivity contribution in [2.24, 2.45) is 5.10 Å². The second-order valence-corrected chi connectivity index (χ2v) is 7.60. The molecule has 0 fully saturated rings. The van der Waals surface area contributed by atoms with Gasteiger partial charge in [-0.3, -0.25) is 9.59 Å². The van der Waals surface area contributed by atoms with Gasteiger partial charge in [-0.1, -0.05) is 18.2 Å². The van der Waals surface area contributed by atoms with Crippen LogP contribution in [0.2, 0.25) is 0 Å². The molecule has 0 aliphatic heterocycles. The maximum absolute atomic E-state index is 12.3. The van der Waals surface area contributed by atoms with E-state index in [1.165, 1.54) is 13.1 Å². The molecule has 0 atom stereocenters. The zero-order valence-electron chi connectivity index (χ0n) is 17.1. The van der Waals surface area contributed by atoms with Gasteiger partial charge in [0.1, 0.15) is 12.4 Å². The summed E-state index contributed by atoms with van der Waals surface area (Å²) in [4.78, 5) is 23.4. The number of carbonyl (C=O) groups excluding carboxylic acids is 2. The van der Waals surface area contributed by atoms with Crippen molar-refractivity contribution in [3.63, 3.8) is 0 Å². The molecular formula is C24H19BrN4O3. The zero-order chi connectivity index (χ0) is 22.9. The monoisotopic (exact) mass is 490 g/mol. The molecule has 0 saturated carbocycles. The normalized spacial score (nSPS) is 10.4. The van der Waals surface area contributed by atoms with Crippen LogP contribution >= 0.6 is 15.9 Å². The summed E-state index contributed by atoms with van der Waals surface area (Å²) in [5, 5.41) is 15.5. The predicted octanol–water partition coefficient (Wildman–Crippen LogP) is 4.62. The lowest BCUT2D eigenvalue weighted by atomic mass is 10.1. The van der Waals surface area contributed by atoms with Gasteiger partial charge in [0.25, 0.3) is 5.91 Å². The molecule has 0 aliphatic carbocycles. The van der Waals surface area contributed by atoms with Crippen molar-refractivity contribution in [1.29, 1.82) is 5.26 Å². The minimum atomic E-state index is -0.394. The fraction of sp³-hybridized carbons (Fsp3) is 0.0833. The van der Waals surface area contributed by atoms with Crippen molar-refractivity contribution in [3.8, 4) is 11.8 Å². The van der Waals surface area contributed by atoms with Crippen molar-refractivity contribution in [2.45, 2.75) is 13.5 Å². The smallest absolute Gasteiger partial charge is 0.271 e. The van der Waals surface area contributed by atoms with Gasteiger partial charge in [0.2, 0.25) is 5.91 Å². The van der Waals surface area contributed by atoms with Crippen molar-refractivity contribution < 1.29 is 14.3 Å². The predicted molar refractivity (Wildman–Crippen MR) is 125 cm³/mol. The Morgan fingerprint density at radius 1 is 1.12 bits per heavy atom. The fourth-order valence-corrected chi connectivity index (χ4v) is 3.23. The molecule has 0 aromatic heterocycles. The van der Waals surface area contributed by atoms with E-state index in [9.17, 15) is 9.59 Å². The number of carbonyl (C=O) groups is 2. The van der Waals surface area contributed by atoms with E-state index < -0.39 is 5.91 Å². The van der Waals surface area contributed by atoms with Gasteiger partial charge in [0, 0.05) is 18.2 Å². The van der Waals surface area contributed by atoms with Crippen LogP contribution < -0.4 is 15.5 Å². The fourth-order valence-electron chi connectivity index (χ4n) is 2.72. The Bertz CT molecular complexity index is 1200. The minimum Gasteiger partial charge on any atom is -0.488 e. The number of anilines is 1. The summed E-state index contributed by atoms with van der Waals surface area (Å²) in [5.41, 5.74) is 5.69. The molecule has 32 heavy (non-hydrogen) atoms. The quantitative estimate of drug-likeness (QED) is 0.372. The number of halogens is 1. The minimum absolute atomic E-state index is 0.213. The van der Waals surface area contributed by atoms with Gasteiger partial charge >= 0.3 is 0 Å². The number of hydrogen-bond donors (Lipinski definition) is 2. The molecule has 0 aliphatic rings. The molecule has 0 radical (unpaired) electrons. The Kier molecular flexibility index (Phi) is 7.73. The first-order valence-corrected chi connectivity index (χ1v) is 10.4. The van der Waals surface area contributed by atoms with Crippen LogP contribution in [-0.2, 0) is 11.4 Å². The van der Waals surface area contributed by atoms with Gasteiger partial charge in [-0.25, -0.2) is 5.43 Å². The van der Waals surface area contributed by atoms with E-state index in [4.69, 9.17) is 10.00 Å². The SMILES string of the molecule is CC(=O)Nc1cccc(C(=O)NN=Cc2ccc(OCc3ccc(C#N)cc3)c(Br)c2)c1. The molecule has 0 spiro atoms. The van der Waals surface area contributed by atoms with Crippen LogP contribution in [0.25, 0.3) is 0 Å². The molecule has 0 heterocycles. The molecule has 3 aromatic carbocycles. The number of hydrazone groups is 1. The molecule has 2 N–H and O–H groups in total. The first-order chi connectivity index (χ1) is 15.4. The lowest BCUT2D eigenvalue weighted by Gasteiger charge is -2.09. The van der Waals surface area contributed by atoms with Crippen LogP contribution in [0.3, 0.4) is 0 Å². The van der Waals surface area contributed by atoms with E-state index in [-0.39, 0.29) is 5.91 Å². The summed E-state index contributed by atoms with van der Waals surface area (Å²) in [7, 11) is 0. The van der Waals surface area contributed by atoms with E-state index in [1.54, 1.807) is 42.5 Å². The van der Waals surface area contributed by atoms with Crippen molar-refractivity contribution in [3.05, 3.63) is 93.5 Å². The summed E-state index contributed by atoms with van der Waals surface area (Å²) >= 11 is 3.48. The number of ether oxygens (including phenoxy) is 1. The summed E-state index contributed by atoms with van der Waals surface area (Å²) in [6.45, 7) is 1.77. The van der Waals surface area contributed by atoms with Gasteiger partial charge in [-0.2, -0.15) is 10.4 Å². The van der Waals surface area contributed by atoms with Crippen molar-refractivity contribution >= 4 is 39.6 Å². The van der Waals surface area contributed by atoms with Gasteiger partial charge in [-0.05, 0) is 75.6 Å². The highest BCUT2D eigenvalue weighted by Gasteiger charge is 2.06. The number of nitrogens with one attached hydrogen (secondary N) is 2. The standard InChI is InChI=1S/C24H19BrN4O3/c1-16(30)28-21-4-2-3-20(12-21)24(31)29-27-14-19-9-10-23(22(25)11-19)32-15-18-7-5-17(13-26)6-8-18/h2-12,14H,15H2,1H3,(H,28,30)(H,29,31). The van der Waals surface area contributed by atoms with Crippen LogP contribution in [0.5, 0.6) is 5.75 Å². The molecule has 2 amide bonds. The number of amides is 2. The maximum atomic E-state index is 12.3. The third kappa shape index (κ3) is 6.52. The van der Waals surface area contributed by atoms with Crippen molar-refractivity contribution in [1.82, 2.24) is 5.43 Å². The first-order valence-electron chi connectivity index (χ1n) is 9.57. The molecular weight excluding hydrogens is 472 g/mol. The third-order valence-corrected chi connectivity index (χ3v) is 4.88. The van der Waals surface area contributed by atoms with Crippen LogP contribution in [0, 0.1) is 11.3 Å². The summed E-state index contributed by atoms with van der Waals surface area (Å²) in [6, 6.07) is 21.3. The lowest BCUT2D eigenvalue weighted by Crippen LogP contribution is -2.18. The molecule has 0 saturated heterocycles. The van der Waals surface area contributed by atoms with Crippen LogP contribution in [0.15, 0.2) is 76.3 Å². The Morgan fingerprint density at radius 2 is 1.91 bits per heavy atom. The van der Waals surface area contributed by atoms with Gasteiger partial charge in [-0.15, -0.1) is 0 Å². The molecule has 0 unspecified atom stereocenters. The Balaban J connectivity index is 1.57. The number of benzene rings is 3. The molecule has 3 rings (SSSR count). The second-order valence-electron chi connectivity index (χ2n) is 6.75.